The summed E-state index contributed by atoms with van der Waals surface area (Å²) in [4.78, 5) is 11.0. The number of ketones is 1. The molecular formula is C7H10OS. The standard InChI is InChI=1S/C7H10OS/c8-7-3-5(9)1-4-2-6(4)7/h4-6,9H,1-3H2. The summed E-state index contributed by atoms with van der Waals surface area (Å²) in [5.74, 6) is 1.66. The van der Waals surface area contributed by atoms with Gasteiger partial charge >= 0.3 is 0 Å². The first-order chi connectivity index (χ1) is 4.27. The number of thiol groups is 1. The van der Waals surface area contributed by atoms with Crippen LogP contribution in [0.4, 0.5) is 0 Å². The summed E-state index contributed by atoms with van der Waals surface area (Å²) in [6.07, 6.45) is 3.07. The topological polar surface area (TPSA) is 17.1 Å². The highest BCUT2D eigenvalue weighted by Gasteiger charge is 2.46. The van der Waals surface area contributed by atoms with Gasteiger partial charge in [-0.2, -0.15) is 12.6 Å². The Morgan fingerprint density at radius 3 is 2.89 bits per heavy atom. The predicted molar refractivity (Wildman–Crippen MR) is 38.6 cm³/mol. The SMILES string of the molecule is O=C1CC(S)CC2CC12. The van der Waals surface area contributed by atoms with Crippen LogP contribution in [0.1, 0.15) is 19.3 Å². The van der Waals surface area contributed by atoms with Crippen molar-refractivity contribution >= 4 is 18.4 Å². The van der Waals surface area contributed by atoms with Crippen LogP contribution in [0.5, 0.6) is 0 Å². The minimum Gasteiger partial charge on any atom is -0.299 e. The minimum absolute atomic E-state index is 0.376. The summed E-state index contributed by atoms with van der Waals surface area (Å²) in [6, 6.07) is 0. The van der Waals surface area contributed by atoms with Gasteiger partial charge in [0.15, 0.2) is 0 Å². The number of hydrogen-bond donors (Lipinski definition) is 1. The van der Waals surface area contributed by atoms with E-state index >= 15 is 0 Å². The van der Waals surface area contributed by atoms with E-state index in [2.05, 4.69) is 12.6 Å². The summed E-state index contributed by atoms with van der Waals surface area (Å²) in [5, 5.41) is 0.376. The first kappa shape index (κ1) is 5.78. The molecule has 0 aromatic carbocycles. The van der Waals surface area contributed by atoms with Gasteiger partial charge in [0.05, 0.1) is 0 Å². The van der Waals surface area contributed by atoms with Crippen LogP contribution in [-0.4, -0.2) is 11.0 Å². The van der Waals surface area contributed by atoms with Gasteiger partial charge in [-0.05, 0) is 18.8 Å². The Balaban J connectivity index is 2.07. The second kappa shape index (κ2) is 1.75. The van der Waals surface area contributed by atoms with Gasteiger partial charge in [0, 0.05) is 17.6 Å². The van der Waals surface area contributed by atoms with Gasteiger partial charge in [-0.25, -0.2) is 0 Å². The third kappa shape index (κ3) is 0.895. The minimum atomic E-state index is 0.376. The molecule has 0 aromatic heterocycles. The third-order valence-electron chi connectivity index (χ3n) is 2.35. The smallest absolute Gasteiger partial charge is 0.137 e. The van der Waals surface area contributed by atoms with Crippen molar-refractivity contribution in [1.82, 2.24) is 0 Å². The number of carbonyl (C=O) groups is 1. The molecule has 3 atom stereocenters. The Kier molecular flexibility index (Phi) is 1.12. The molecule has 2 rings (SSSR count). The van der Waals surface area contributed by atoms with E-state index in [1.54, 1.807) is 0 Å². The van der Waals surface area contributed by atoms with Crippen molar-refractivity contribution in [2.75, 3.05) is 0 Å². The lowest BCUT2D eigenvalue weighted by molar-refractivity contribution is -0.121. The first-order valence-electron chi connectivity index (χ1n) is 3.48. The average molecular weight is 142 g/mol. The molecule has 0 amide bonds. The summed E-state index contributed by atoms with van der Waals surface area (Å²) in [7, 11) is 0. The zero-order valence-corrected chi connectivity index (χ0v) is 6.10. The van der Waals surface area contributed by atoms with Crippen LogP contribution in [-0.2, 0) is 4.79 Å². The monoisotopic (exact) mass is 142 g/mol. The average Bonchev–Trinajstić information content (AvgIpc) is 2.43. The van der Waals surface area contributed by atoms with Crippen molar-refractivity contribution in [2.24, 2.45) is 11.8 Å². The Morgan fingerprint density at radius 1 is 1.44 bits per heavy atom. The van der Waals surface area contributed by atoms with E-state index in [1.165, 1.54) is 6.42 Å². The highest BCUT2D eigenvalue weighted by atomic mass is 32.1. The third-order valence-corrected chi connectivity index (χ3v) is 2.74. The van der Waals surface area contributed by atoms with E-state index in [1.807, 2.05) is 0 Å². The molecule has 1 nitrogen and oxygen atoms in total. The van der Waals surface area contributed by atoms with Gasteiger partial charge in [0.25, 0.3) is 0 Å². The lowest BCUT2D eigenvalue weighted by atomic mass is 9.99. The zero-order valence-electron chi connectivity index (χ0n) is 5.21. The molecule has 9 heavy (non-hydrogen) atoms. The molecule has 0 aromatic rings. The first-order valence-corrected chi connectivity index (χ1v) is 4.00. The van der Waals surface area contributed by atoms with E-state index in [0.29, 0.717) is 17.0 Å². The second-order valence-electron chi connectivity index (χ2n) is 3.16. The molecule has 3 unspecified atom stereocenters. The maximum atomic E-state index is 11.0. The van der Waals surface area contributed by atoms with Crippen LogP contribution in [0.2, 0.25) is 0 Å². The molecular weight excluding hydrogens is 132 g/mol. The molecule has 2 fully saturated rings. The van der Waals surface area contributed by atoms with E-state index in [-0.39, 0.29) is 0 Å². The predicted octanol–water partition coefficient (Wildman–Crippen LogP) is 1.28. The van der Waals surface area contributed by atoms with Crippen molar-refractivity contribution in [3.05, 3.63) is 0 Å². The Bertz CT molecular complexity index is 155. The maximum Gasteiger partial charge on any atom is 0.137 e. The fourth-order valence-corrected chi connectivity index (χ4v) is 2.17. The van der Waals surface area contributed by atoms with Gasteiger partial charge in [0.2, 0.25) is 0 Å². The lowest BCUT2D eigenvalue weighted by Crippen LogP contribution is -2.17. The summed E-state index contributed by atoms with van der Waals surface area (Å²) in [6.45, 7) is 0. The second-order valence-corrected chi connectivity index (χ2v) is 3.89. The summed E-state index contributed by atoms with van der Waals surface area (Å²) < 4.78 is 0. The lowest BCUT2D eigenvalue weighted by Gasteiger charge is -2.13. The van der Waals surface area contributed by atoms with Crippen molar-refractivity contribution < 1.29 is 4.79 Å². The summed E-state index contributed by atoms with van der Waals surface area (Å²) in [5.41, 5.74) is 0. The largest absolute Gasteiger partial charge is 0.299 e. The fourth-order valence-electron chi connectivity index (χ4n) is 1.72. The maximum absolute atomic E-state index is 11.0. The molecule has 2 aliphatic rings. The quantitative estimate of drug-likeness (QED) is 0.504. The molecule has 0 heterocycles. The van der Waals surface area contributed by atoms with Gasteiger partial charge in [-0.15, -0.1) is 0 Å². The molecule has 0 N–H and O–H groups in total. The summed E-state index contributed by atoms with van der Waals surface area (Å²) >= 11 is 4.29. The Morgan fingerprint density at radius 2 is 2.22 bits per heavy atom. The fraction of sp³-hybridized carbons (Fsp3) is 0.857. The number of Topliss-reactive ketones (excluding diaryl/α,β-unsaturated/α-hetero) is 1. The number of hydrogen-bond acceptors (Lipinski definition) is 2. The van der Waals surface area contributed by atoms with Crippen LogP contribution in [0.3, 0.4) is 0 Å². The van der Waals surface area contributed by atoms with E-state index in [0.717, 1.165) is 18.8 Å². The van der Waals surface area contributed by atoms with Crippen molar-refractivity contribution in [2.45, 2.75) is 24.5 Å². The molecule has 0 saturated heterocycles. The van der Waals surface area contributed by atoms with Gasteiger partial charge in [-0.1, -0.05) is 0 Å². The molecule has 0 spiro atoms. The molecule has 0 aliphatic heterocycles. The molecule has 0 bridgehead atoms. The highest BCUT2D eigenvalue weighted by Crippen LogP contribution is 2.48. The number of fused-ring (bicyclic) bond motifs is 1. The van der Waals surface area contributed by atoms with E-state index in [9.17, 15) is 4.79 Å². The zero-order chi connectivity index (χ0) is 6.43. The van der Waals surface area contributed by atoms with Gasteiger partial charge in [-0.3, -0.25) is 4.79 Å². The normalized spacial score (nSPS) is 48.6. The van der Waals surface area contributed by atoms with Crippen LogP contribution in [0.15, 0.2) is 0 Å². The van der Waals surface area contributed by atoms with Crippen LogP contribution in [0, 0.1) is 11.8 Å². The Labute approximate surface area is 60.2 Å². The molecule has 2 heteroatoms. The molecule has 50 valence electrons. The van der Waals surface area contributed by atoms with E-state index in [4.69, 9.17) is 0 Å². The van der Waals surface area contributed by atoms with Crippen LogP contribution >= 0.6 is 12.6 Å². The van der Waals surface area contributed by atoms with Crippen LogP contribution < -0.4 is 0 Å². The number of carbonyl (C=O) groups excluding carboxylic acids is 1. The van der Waals surface area contributed by atoms with Crippen molar-refractivity contribution in [3.8, 4) is 0 Å². The van der Waals surface area contributed by atoms with Crippen molar-refractivity contribution in [1.29, 1.82) is 0 Å². The molecule has 0 radical (unpaired) electrons. The molecule has 2 aliphatic carbocycles. The molecule has 2 saturated carbocycles. The highest BCUT2D eigenvalue weighted by molar-refractivity contribution is 7.81. The van der Waals surface area contributed by atoms with Crippen molar-refractivity contribution in [3.63, 3.8) is 0 Å². The van der Waals surface area contributed by atoms with Gasteiger partial charge < -0.3 is 0 Å². The number of rotatable bonds is 0. The van der Waals surface area contributed by atoms with E-state index < -0.39 is 0 Å². The Hall–Kier alpha value is 0.0200. The van der Waals surface area contributed by atoms with Crippen LogP contribution in [0.25, 0.3) is 0 Å². The van der Waals surface area contributed by atoms with Gasteiger partial charge in [0.1, 0.15) is 5.78 Å².